The zero-order chi connectivity index (χ0) is 32.4. The summed E-state index contributed by atoms with van der Waals surface area (Å²) in [6.07, 6.45) is 15.6. The molecule has 5 nitrogen and oxygen atoms in total. The Hall–Kier alpha value is -3.47. The molecule has 0 fully saturated rings. The van der Waals surface area contributed by atoms with Crippen molar-refractivity contribution >= 4 is 16.6 Å². The predicted octanol–water partition coefficient (Wildman–Crippen LogP) is 10.9. The average molecular weight is 615 g/mol. The number of anilines is 1. The van der Waals surface area contributed by atoms with E-state index < -0.39 is 0 Å². The second-order valence-electron chi connectivity index (χ2n) is 12.8. The van der Waals surface area contributed by atoms with E-state index in [4.69, 9.17) is 9.47 Å². The lowest BCUT2D eigenvalue weighted by atomic mass is 10.1. The van der Waals surface area contributed by atoms with Crippen LogP contribution in [0.25, 0.3) is 10.9 Å². The third-order valence-corrected chi connectivity index (χ3v) is 8.30. The lowest BCUT2D eigenvalue weighted by Gasteiger charge is -2.20. The zero-order valence-electron chi connectivity index (χ0n) is 28.9. The smallest absolute Gasteiger partial charge is 0.297 e. The number of aryl methyl sites for hydroxylation is 1. The highest BCUT2D eigenvalue weighted by Gasteiger charge is 2.21. The minimum Gasteiger partial charge on any atom is -0.485 e. The van der Waals surface area contributed by atoms with Crippen LogP contribution in [0.3, 0.4) is 0 Å². The molecule has 0 spiro atoms. The molecule has 3 aromatic rings. The molecule has 0 aliphatic rings. The fourth-order valence-electron chi connectivity index (χ4n) is 5.61. The quantitative estimate of drug-likeness (QED) is 0.0958. The van der Waals surface area contributed by atoms with E-state index in [9.17, 15) is 4.79 Å². The maximum absolute atomic E-state index is 14.2. The number of hydrogen-bond donors (Lipinski definition) is 1. The maximum Gasteiger partial charge on any atom is 0.297 e. The van der Waals surface area contributed by atoms with Crippen molar-refractivity contribution < 1.29 is 9.47 Å². The van der Waals surface area contributed by atoms with Crippen LogP contribution >= 0.6 is 0 Å². The Morgan fingerprint density at radius 2 is 1.64 bits per heavy atom. The summed E-state index contributed by atoms with van der Waals surface area (Å²) in [5, 5.41) is 4.48. The number of aromatic nitrogens is 1. The molecule has 1 aromatic heterocycles. The molecule has 0 saturated carbocycles. The summed E-state index contributed by atoms with van der Waals surface area (Å²) in [5.74, 6) is 1.25. The van der Waals surface area contributed by atoms with Crippen LogP contribution in [0.5, 0.6) is 11.5 Å². The minimum atomic E-state index is -0.0979. The van der Waals surface area contributed by atoms with Gasteiger partial charge in [-0.1, -0.05) is 107 Å². The molecule has 5 heteroatoms. The number of pyridine rings is 1. The Balaban J connectivity index is 1.99. The Kier molecular flexibility index (Phi) is 15.9. The van der Waals surface area contributed by atoms with Crippen molar-refractivity contribution in [2.75, 3.05) is 18.5 Å². The van der Waals surface area contributed by atoms with Crippen LogP contribution in [0.15, 0.2) is 76.6 Å². The molecule has 3 rings (SSSR count). The van der Waals surface area contributed by atoms with Crippen LogP contribution in [0.1, 0.15) is 111 Å². The molecule has 246 valence electrons. The van der Waals surface area contributed by atoms with E-state index in [0.29, 0.717) is 43.7 Å². The van der Waals surface area contributed by atoms with E-state index in [1.807, 2.05) is 10.6 Å². The number of nitrogens with zero attached hydrogens (tertiary/aromatic N) is 1. The van der Waals surface area contributed by atoms with E-state index in [0.717, 1.165) is 55.1 Å². The molecular formula is C40H58N2O3. The minimum absolute atomic E-state index is 0.0979. The average Bonchev–Trinajstić information content (AvgIpc) is 3.02. The first-order valence-corrected chi connectivity index (χ1v) is 17.4. The SMILES string of the molecule is CCCCCCCCn1c(=O)c(OCC(C)CCC)c(OCC=C(C)CCC=C(C)C)c2ccc(NCc3ccccc3)cc21. The van der Waals surface area contributed by atoms with Crippen molar-refractivity contribution in [3.8, 4) is 11.5 Å². The third-order valence-electron chi connectivity index (χ3n) is 8.30. The fourth-order valence-corrected chi connectivity index (χ4v) is 5.61. The highest BCUT2D eigenvalue weighted by atomic mass is 16.5. The number of nitrogens with one attached hydrogen (secondary N) is 1. The summed E-state index contributed by atoms with van der Waals surface area (Å²) in [7, 11) is 0. The monoisotopic (exact) mass is 614 g/mol. The van der Waals surface area contributed by atoms with Gasteiger partial charge in [-0.05, 0) is 82.2 Å². The molecule has 1 heterocycles. The molecule has 0 saturated heterocycles. The van der Waals surface area contributed by atoms with E-state index in [1.165, 1.54) is 42.4 Å². The number of hydrogen-bond acceptors (Lipinski definition) is 4. The van der Waals surface area contributed by atoms with Gasteiger partial charge >= 0.3 is 0 Å². The summed E-state index contributed by atoms with van der Waals surface area (Å²) >= 11 is 0. The molecule has 1 N–H and O–H groups in total. The first-order chi connectivity index (χ1) is 21.8. The first-order valence-electron chi connectivity index (χ1n) is 17.4. The number of unbranched alkanes of at least 4 members (excludes halogenated alkanes) is 5. The summed E-state index contributed by atoms with van der Waals surface area (Å²) in [6.45, 7) is 15.3. The molecular weight excluding hydrogens is 556 g/mol. The second kappa shape index (κ2) is 19.8. The molecule has 0 radical (unpaired) electrons. The topological polar surface area (TPSA) is 52.5 Å². The largest absolute Gasteiger partial charge is 0.485 e. The van der Waals surface area contributed by atoms with Crippen LogP contribution in [0, 0.1) is 5.92 Å². The summed E-state index contributed by atoms with van der Waals surface area (Å²) in [4.78, 5) is 14.2. The van der Waals surface area contributed by atoms with Crippen molar-refractivity contribution in [1.82, 2.24) is 4.57 Å². The highest BCUT2D eigenvalue weighted by Crippen LogP contribution is 2.35. The van der Waals surface area contributed by atoms with Gasteiger partial charge < -0.3 is 19.4 Å². The van der Waals surface area contributed by atoms with Gasteiger partial charge in [-0.3, -0.25) is 4.79 Å². The van der Waals surface area contributed by atoms with Gasteiger partial charge in [-0.25, -0.2) is 0 Å². The molecule has 1 atom stereocenters. The Morgan fingerprint density at radius 3 is 2.38 bits per heavy atom. The van der Waals surface area contributed by atoms with E-state index in [2.05, 4.69) is 101 Å². The van der Waals surface area contributed by atoms with Gasteiger partial charge in [0, 0.05) is 24.2 Å². The number of benzene rings is 2. The molecule has 0 amide bonds. The van der Waals surface area contributed by atoms with Crippen molar-refractivity contribution in [2.24, 2.45) is 5.92 Å². The zero-order valence-corrected chi connectivity index (χ0v) is 28.9. The van der Waals surface area contributed by atoms with Crippen LogP contribution in [0.2, 0.25) is 0 Å². The van der Waals surface area contributed by atoms with Gasteiger partial charge in [-0.2, -0.15) is 0 Å². The predicted molar refractivity (Wildman–Crippen MR) is 193 cm³/mol. The van der Waals surface area contributed by atoms with Crippen LogP contribution in [0.4, 0.5) is 5.69 Å². The van der Waals surface area contributed by atoms with E-state index in [1.54, 1.807) is 0 Å². The molecule has 0 aliphatic carbocycles. The maximum atomic E-state index is 14.2. The number of fused-ring (bicyclic) bond motifs is 1. The number of rotatable bonds is 21. The van der Waals surface area contributed by atoms with Gasteiger partial charge in [-0.15, -0.1) is 0 Å². The van der Waals surface area contributed by atoms with Gasteiger partial charge in [0.1, 0.15) is 6.61 Å². The normalized spacial score (nSPS) is 12.3. The summed E-state index contributed by atoms with van der Waals surface area (Å²) < 4.78 is 14.8. The van der Waals surface area contributed by atoms with Gasteiger partial charge in [0.05, 0.1) is 12.1 Å². The van der Waals surface area contributed by atoms with Crippen LogP contribution in [-0.4, -0.2) is 17.8 Å². The fraction of sp³-hybridized carbons (Fsp3) is 0.525. The lowest BCUT2D eigenvalue weighted by Crippen LogP contribution is -2.25. The van der Waals surface area contributed by atoms with E-state index >= 15 is 0 Å². The lowest BCUT2D eigenvalue weighted by molar-refractivity contribution is 0.233. The van der Waals surface area contributed by atoms with Gasteiger partial charge in [0.15, 0.2) is 5.75 Å². The van der Waals surface area contributed by atoms with Crippen molar-refractivity contribution in [2.45, 2.75) is 119 Å². The van der Waals surface area contributed by atoms with Crippen molar-refractivity contribution in [1.29, 1.82) is 0 Å². The third kappa shape index (κ3) is 12.1. The number of allylic oxidation sites excluding steroid dienone is 3. The standard InChI is InChI=1S/C40H58N2O3/c1-7-9-10-11-12-16-26-42-37-28-35(41-29-34-21-14-13-15-22-34)23-24-36(37)38(39(40(42)43)45-30-33(6)18-8-2)44-27-25-32(5)20-17-19-31(3)4/h13-15,19,21-25,28,33,41H,7-12,16-18,20,26-27,29-30H2,1-6H3. The molecule has 0 bridgehead atoms. The van der Waals surface area contributed by atoms with E-state index in [-0.39, 0.29) is 5.56 Å². The molecule has 0 aliphatic heterocycles. The highest BCUT2D eigenvalue weighted by molar-refractivity contribution is 5.90. The summed E-state index contributed by atoms with van der Waals surface area (Å²) in [5.41, 5.74) is 5.60. The summed E-state index contributed by atoms with van der Waals surface area (Å²) in [6, 6.07) is 16.7. The Morgan fingerprint density at radius 1 is 0.889 bits per heavy atom. The Bertz CT molecular complexity index is 1420. The molecule has 1 unspecified atom stereocenters. The van der Waals surface area contributed by atoms with Gasteiger partial charge in [0.2, 0.25) is 5.75 Å². The Labute approximate surface area is 272 Å². The second-order valence-corrected chi connectivity index (χ2v) is 12.8. The van der Waals surface area contributed by atoms with Gasteiger partial charge in [0.25, 0.3) is 5.56 Å². The van der Waals surface area contributed by atoms with Crippen LogP contribution in [-0.2, 0) is 13.1 Å². The van der Waals surface area contributed by atoms with Crippen molar-refractivity contribution in [3.05, 3.63) is 87.7 Å². The molecule has 2 aromatic carbocycles. The van der Waals surface area contributed by atoms with Crippen molar-refractivity contribution in [3.63, 3.8) is 0 Å². The van der Waals surface area contributed by atoms with Crippen LogP contribution < -0.4 is 20.3 Å². The number of ether oxygens (including phenoxy) is 2. The first kappa shape index (κ1) is 36.0. The molecule has 45 heavy (non-hydrogen) atoms.